The Morgan fingerprint density at radius 3 is 2.47 bits per heavy atom. The molecule has 0 radical (unpaired) electrons. The predicted octanol–water partition coefficient (Wildman–Crippen LogP) is 2.35. The van der Waals surface area contributed by atoms with Crippen molar-refractivity contribution in [2.75, 3.05) is 19.3 Å². The maximum atomic E-state index is 13.1. The highest BCUT2D eigenvalue weighted by Crippen LogP contribution is 2.20. The zero-order valence-corrected chi connectivity index (χ0v) is 16.7. The quantitative estimate of drug-likeness (QED) is 0.405. The molecule has 3 rings (SSSR count). The molecule has 1 aromatic carbocycles. The summed E-state index contributed by atoms with van der Waals surface area (Å²) >= 11 is 1.29. The molecule has 1 saturated heterocycles. The first kappa shape index (κ1) is 23.3. The van der Waals surface area contributed by atoms with Gasteiger partial charge in [-0.3, -0.25) is 14.4 Å². The van der Waals surface area contributed by atoms with E-state index in [-0.39, 0.29) is 38.5 Å². The molecule has 0 spiro atoms. The Bertz CT molecular complexity index is 925. The Labute approximate surface area is 178 Å². The summed E-state index contributed by atoms with van der Waals surface area (Å²) in [5.41, 5.74) is 0.735. The number of aromatic nitrogens is 2. The van der Waals surface area contributed by atoms with Gasteiger partial charge in [-0.05, 0) is 30.0 Å². The van der Waals surface area contributed by atoms with Gasteiger partial charge >= 0.3 is 5.97 Å². The van der Waals surface area contributed by atoms with E-state index in [0.717, 1.165) is 0 Å². The molecule has 8 nitrogen and oxygen atoms in total. The van der Waals surface area contributed by atoms with E-state index in [4.69, 9.17) is 4.74 Å². The van der Waals surface area contributed by atoms with Crippen LogP contribution in [0.15, 0.2) is 41.7 Å². The minimum absolute atomic E-state index is 0. The minimum Gasteiger partial charge on any atom is -0.459 e. The number of carbonyl (C=O) groups excluding carboxylic acids is 3. The van der Waals surface area contributed by atoms with Crippen LogP contribution in [0.4, 0.5) is 4.39 Å². The van der Waals surface area contributed by atoms with E-state index in [1.807, 2.05) is 0 Å². The number of rotatable bonds is 5. The van der Waals surface area contributed by atoms with Gasteiger partial charge in [-0.2, -0.15) is 0 Å². The smallest absolute Gasteiger partial charge is 0.303 e. The fourth-order valence-electron chi connectivity index (χ4n) is 2.94. The van der Waals surface area contributed by atoms with E-state index >= 15 is 0 Å². The number of benzene rings is 1. The van der Waals surface area contributed by atoms with Crippen LogP contribution >= 0.6 is 11.8 Å². The Hall–Kier alpha value is -3.01. The summed E-state index contributed by atoms with van der Waals surface area (Å²) in [7, 11) is 0. The largest absolute Gasteiger partial charge is 0.459 e. The average Bonchev–Trinajstić information content (AvgIpc) is 3.12. The van der Waals surface area contributed by atoms with Crippen LogP contribution in [0, 0.1) is 5.82 Å². The van der Waals surface area contributed by atoms with E-state index < -0.39 is 23.8 Å². The Kier molecular flexibility index (Phi) is 7.87. The van der Waals surface area contributed by atoms with Crippen molar-refractivity contribution in [1.29, 1.82) is 0 Å². The van der Waals surface area contributed by atoms with Crippen LogP contribution in [-0.2, 0) is 20.7 Å². The van der Waals surface area contributed by atoms with E-state index in [0.29, 0.717) is 10.7 Å². The molecule has 1 fully saturated rings. The number of carbonyl (C=O) groups is 3. The predicted molar refractivity (Wildman–Crippen MR) is 109 cm³/mol. The van der Waals surface area contributed by atoms with Crippen molar-refractivity contribution in [3.63, 3.8) is 0 Å². The van der Waals surface area contributed by atoms with Crippen molar-refractivity contribution in [1.82, 2.24) is 20.0 Å². The number of esters is 1. The molecule has 1 aromatic heterocycles. The van der Waals surface area contributed by atoms with Gasteiger partial charge in [0.2, 0.25) is 5.91 Å². The van der Waals surface area contributed by atoms with Crippen LogP contribution in [0.25, 0.3) is 0 Å². The first-order chi connectivity index (χ1) is 13.9. The van der Waals surface area contributed by atoms with Gasteiger partial charge in [0.1, 0.15) is 17.6 Å². The molecular weight excluding hydrogens is 411 g/mol. The molecular formula is C20H23FN4O4S. The first-order valence-electron chi connectivity index (χ1n) is 8.78. The SMILES string of the molecule is C.CSc1nccc(C(=O)N2CC(OC(C)=O)CN2C(=O)Cc2ccc(F)cc2)n1. The third kappa shape index (κ3) is 5.53. The number of halogens is 1. The fraction of sp³-hybridized carbons (Fsp3) is 0.350. The maximum absolute atomic E-state index is 13.1. The highest BCUT2D eigenvalue weighted by Gasteiger charge is 2.39. The lowest BCUT2D eigenvalue weighted by Crippen LogP contribution is -2.45. The van der Waals surface area contributed by atoms with Gasteiger partial charge in [0.15, 0.2) is 5.16 Å². The van der Waals surface area contributed by atoms with Gasteiger partial charge in [-0.15, -0.1) is 0 Å². The van der Waals surface area contributed by atoms with Crippen molar-refractivity contribution < 1.29 is 23.5 Å². The van der Waals surface area contributed by atoms with Crippen molar-refractivity contribution in [3.05, 3.63) is 53.6 Å². The topological polar surface area (TPSA) is 92.7 Å². The van der Waals surface area contributed by atoms with E-state index in [2.05, 4.69) is 9.97 Å². The molecule has 0 N–H and O–H groups in total. The second-order valence-electron chi connectivity index (χ2n) is 6.33. The normalized spacial score (nSPS) is 15.5. The van der Waals surface area contributed by atoms with Crippen LogP contribution in [0.3, 0.4) is 0 Å². The van der Waals surface area contributed by atoms with Gasteiger partial charge in [0.05, 0.1) is 19.5 Å². The van der Waals surface area contributed by atoms with Crippen molar-refractivity contribution in [2.24, 2.45) is 0 Å². The molecule has 1 aliphatic rings. The molecule has 1 unspecified atom stereocenters. The third-order valence-corrected chi connectivity index (χ3v) is 4.77. The summed E-state index contributed by atoms with van der Waals surface area (Å²) in [6.07, 6.45) is 2.58. The van der Waals surface area contributed by atoms with Crippen LogP contribution in [-0.4, -0.2) is 63.2 Å². The van der Waals surface area contributed by atoms with Gasteiger partial charge in [-0.25, -0.2) is 24.4 Å². The lowest BCUT2D eigenvalue weighted by molar-refractivity contribution is -0.146. The number of amides is 2. The third-order valence-electron chi connectivity index (χ3n) is 4.20. The molecule has 10 heteroatoms. The highest BCUT2D eigenvalue weighted by atomic mass is 32.2. The molecule has 1 aliphatic heterocycles. The number of hydrazine groups is 1. The number of hydrogen-bond donors (Lipinski definition) is 0. The fourth-order valence-corrected chi connectivity index (χ4v) is 3.29. The number of hydrogen-bond acceptors (Lipinski definition) is 7. The molecule has 0 saturated carbocycles. The summed E-state index contributed by atoms with van der Waals surface area (Å²) in [5.74, 6) is -1.77. The van der Waals surface area contributed by atoms with Crippen LogP contribution in [0.2, 0.25) is 0 Å². The van der Waals surface area contributed by atoms with Gasteiger partial charge in [-0.1, -0.05) is 31.3 Å². The highest BCUT2D eigenvalue weighted by molar-refractivity contribution is 7.98. The molecule has 0 aliphatic carbocycles. The summed E-state index contributed by atoms with van der Waals surface area (Å²) in [5, 5.41) is 2.90. The molecule has 1 atom stereocenters. The zero-order chi connectivity index (χ0) is 21.0. The molecule has 2 amide bonds. The van der Waals surface area contributed by atoms with Crippen LogP contribution in [0.1, 0.15) is 30.4 Å². The van der Waals surface area contributed by atoms with Gasteiger partial charge in [0, 0.05) is 13.1 Å². The van der Waals surface area contributed by atoms with E-state index in [1.165, 1.54) is 65.2 Å². The number of ether oxygens (including phenoxy) is 1. The Morgan fingerprint density at radius 1 is 1.17 bits per heavy atom. The van der Waals surface area contributed by atoms with Crippen molar-refractivity contribution in [3.8, 4) is 0 Å². The summed E-state index contributed by atoms with van der Waals surface area (Å²) in [4.78, 5) is 45.4. The lowest BCUT2D eigenvalue weighted by atomic mass is 10.1. The maximum Gasteiger partial charge on any atom is 0.303 e. The molecule has 2 heterocycles. The number of nitrogens with zero attached hydrogens (tertiary/aromatic N) is 4. The molecule has 160 valence electrons. The van der Waals surface area contributed by atoms with Crippen LogP contribution < -0.4 is 0 Å². The molecule has 0 bridgehead atoms. The lowest BCUT2D eigenvalue weighted by Gasteiger charge is -2.27. The van der Waals surface area contributed by atoms with Gasteiger partial charge < -0.3 is 4.74 Å². The van der Waals surface area contributed by atoms with E-state index in [1.54, 1.807) is 6.26 Å². The Balaban J connectivity index is 0.00000320. The molecule has 30 heavy (non-hydrogen) atoms. The monoisotopic (exact) mass is 434 g/mol. The second kappa shape index (κ2) is 10.1. The van der Waals surface area contributed by atoms with Gasteiger partial charge in [0.25, 0.3) is 5.91 Å². The van der Waals surface area contributed by atoms with E-state index in [9.17, 15) is 18.8 Å². The standard InChI is InChI=1S/C19H19FN4O4S.CH4/c1-12(25)28-15-10-23(17(26)9-13-3-5-14(20)6-4-13)24(11-15)18(27)16-7-8-21-19(22-16)29-2;/h3-8,15H,9-11H2,1-2H3;1H4. The van der Waals surface area contributed by atoms with Crippen molar-refractivity contribution in [2.45, 2.75) is 32.0 Å². The average molecular weight is 434 g/mol. The Morgan fingerprint density at radius 2 is 1.83 bits per heavy atom. The summed E-state index contributed by atoms with van der Waals surface area (Å²) in [6.45, 7) is 1.35. The zero-order valence-electron chi connectivity index (χ0n) is 15.9. The first-order valence-corrected chi connectivity index (χ1v) is 10.0. The summed E-state index contributed by atoms with van der Waals surface area (Å²) < 4.78 is 18.3. The second-order valence-corrected chi connectivity index (χ2v) is 7.10. The number of thioether (sulfide) groups is 1. The molecule has 2 aromatic rings. The van der Waals surface area contributed by atoms with Crippen molar-refractivity contribution >= 4 is 29.5 Å². The minimum atomic E-state index is -0.643. The summed E-state index contributed by atoms with van der Waals surface area (Å²) in [6, 6.07) is 7.01. The van der Waals surface area contributed by atoms with Crippen LogP contribution in [0.5, 0.6) is 0 Å².